The van der Waals surface area contributed by atoms with Gasteiger partial charge in [0.25, 0.3) is 5.91 Å². The molecule has 27 heavy (non-hydrogen) atoms. The summed E-state index contributed by atoms with van der Waals surface area (Å²) < 4.78 is 15.4. The van der Waals surface area contributed by atoms with E-state index in [-0.39, 0.29) is 29.4 Å². The molecule has 1 amide bonds. The van der Waals surface area contributed by atoms with Crippen LogP contribution in [0.25, 0.3) is 0 Å². The summed E-state index contributed by atoms with van der Waals surface area (Å²) in [6.45, 7) is 0.834. The predicted molar refractivity (Wildman–Crippen MR) is 92.6 cm³/mol. The molecular weight excluding hydrogens is 352 g/mol. The lowest BCUT2D eigenvalue weighted by Crippen LogP contribution is -2.22. The Labute approximate surface area is 154 Å². The average molecular weight is 366 g/mol. The van der Waals surface area contributed by atoms with Crippen LogP contribution in [0, 0.1) is 11.3 Å². The molecule has 8 nitrogen and oxygen atoms in total. The third-order valence-corrected chi connectivity index (χ3v) is 3.73. The van der Waals surface area contributed by atoms with E-state index in [9.17, 15) is 14.4 Å². The Kier molecular flexibility index (Phi) is 5.04. The van der Waals surface area contributed by atoms with Crippen LogP contribution in [0.15, 0.2) is 36.4 Å². The Bertz CT molecular complexity index is 977. The highest BCUT2D eigenvalue weighted by Crippen LogP contribution is 2.37. The first kappa shape index (κ1) is 17.9. The lowest BCUT2D eigenvalue weighted by Gasteiger charge is -2.11. The first-order valence-corrected chi connectivity index (χ1v) is 7.89. The molecule has 0 bridgehead atoms. The van der Waals surface area contributed by atoms with Crippen molar-refractivity contribution in [3.63, 3.8) is 0 Å². The van der Waals surface area contributed by atoms with Gasteiger partial charge >= 0.3 is 5.97 Å². The number of esters is 1. The van der Waals surface area contributed by atoms with Crippen molar-refractivity contribution in [1.82, 2.24) is 0 Å². The fourth-order valence-electron chi connectivity index (χ4n) is 2.45. The maximum Gasteiger partial charge on any atom is 0.338 e. The normalized spacial score (nSPS) is 11.4. The van der Waals surface area contributed by atoms with Crippen molar-refractivity contribution >= 4 is 23.3 Å². The Morgan fingerprint density at radius 1 is 1.19 bits per heavy atom. The number of ether oxygens (including phenoxy) is 3. The second-order valence-corrected chi connectivity index (χ2v) is 5.62. The number of hydrogen-bond acceptors (Lipinski definition) is 7. The van der Waals surface area contributed by atoms with Crippen molar-refractivity contribution in [2.75, 3.05) is 18.7 Å². The SMILES string of the molecule is CC(=O)c1cc2c(cc1NC(=O)COC(=O)c1cccc(C#N)c1)OCO2. The first-order chi connectivity index (χ1) is 13.0. The van der Waals surface area contributed by atoms with Gasteiger partial charge in [0.15, 0.2) is 23.9 Å². The van der Waals surface area contributed by atoms with Crippen molar-refractivity contribution in [2.24, 2.45) is 0 Å². The number of ketones is 1. The molecule has 0 aromatic heterocycles. The van der Waals surface area contributed by atoms with Crippen LogP contribution in [0.2, 0.25) is 0 Å². The van der Waals surface area contributed by atoms with Gasteiger partial charge in [0.2, 0.25) is 6.79 Å². The van der Waals surface area contributed by atoms with Crippen LogP contribution in [0.3, 0.4) is 0 Å². The molecule has 3 rings (SSSR count). The monoisotopic (exact) mass is 366 g/mol. The van der Waals surface area contributed by atoms with Gasteiger partial charge in [0.1, 0.15) is 0 Å². The quantitative estimate of drug-likeness (QED) is 0.637. The molecule has 1 heterocycles. The summed E-state index contributed by atoms with van der Waals surface area (Å²) in [5.74, 6) is -0.808. The molecule has 1 aliphatic rings. The lowest BCUT2D eigenvalue weighted by molar-refractivity contribution is -0.119. The molecule has 1 aliphatic heterocycles. The zero-order chi connectivity index (χ0) is 19.4. The van der Waals surface area contributed by atoms with Crippen LogP contribution < -0.4 is 14.8 Å². The standard InChI is InChI=1S/C19H14N2O6/c1-11(22)14-6-16-17(27-10-26-16)7-15(14)21-18(23)9-25-19(24)13-4-2-3-12(5-13)8-20/h2-7H,9-10H2,1H3,(H,21,23). The molecule has 0 radical (unpaired) electrons. The number of nitrogens with zero attached hydrogens (tertiary/aromatic N) is 1. The van der Waals surface area contributed by atoms with Crippen molar-refractivity contribution < 1.29 is 28.6 Å². The van der Waals surface area contributed by atoms with E-state index < -0.39 is 18.5 Å². The highest BCUT2D eigenvalue weighted by Gasteiger charge is 2.21. The summed E-state index contributed by atoms with van der Waals surface area (Å²) in [5, 5.41) is 11.4. The molecule has 1 N–H and O–H groups in total. The zero-order valence-corrected chi connectivity index (χ0v) is 14.3. The van der Waals surface area contributed by atoms with E-state index in [4.69, 9.17) is 19.5 Å². The third-order valence-electron chi connectivity index (χ3n) is 3.73. The predicted octanol–water partition coefficient (Wildman–Crippen LogP) is 2.29. The van der Waals surface area contributed by atoms with Gasteiger partial charge in [-0.2, -0.15) is 5.26 Å². The van der Waals surface area contributed by atoms with E-state index in [0.29, 0.717) is 17.1 Å². The van der Waals surface area contributed by atoms with Gasteiger partial charge in [0, 0.05) is 11.6 Å². The van der Waals surface area contributed by atoms with Crippen LogP contribution in [-0.4, -0.2) is 31.1 Å². The van der Waals surface area contributed by atoms with E-state index >= 15 is 0 Å². The average Bonchev–Trinajstić information content (AvgIpc) is 3.12. The summed E-state index contributed by atoms with van der Waals surface area (Å²) >= 11 is 0. The molecule has 0 fully saturated rings. The maximum absolute atomic E-state index is 12.1. The van der Waals surface area contributed by atoms with Gasteiger partial charge in [-0.15, -0.1) is 0 Å². The van der Waals surface area contributed by atoms with Crippen LogP contribution in [0.4, 0.5) is 5.69 Å². The van der Waals surface area contributed by atoms with Crippen LogP contribution in [0.1, 0.15) is 33.2 Å². The molecule has 2 aromatic rings. The lowest BCUT2D eigenvalue weighted by atomic mass is 10.1. The first-order valence-electron chi connectivity index (χ1n) is 7.89. The molecule has 0 saturated carbocycles. The number of nitrogens with one attached hydrogen (secondary N) is 1. The second kappa shape index (κ2) is 7.58. The fraction of sp³-hybridized carbons (Fsp3) is 0.158. The van der Waals surface area contributed by atoms with Gasteiger partial charge in [-0.25, -0.2) is 4.79 Å². The molecule has 2 aromatic carbocycles. The highest BCUT2D eigenvalue weighted by molar-refractivity contribution is 6.05. The van der Waals surface area contributed by atoms with Crippen molar-refractivity contribution in [2.45, 2.75) is 6.92 Å². The van der Waals surface area contributed by atoms with E-state index in [1.54, 1.807) is 12.1 Å². The van der Waals surface area contributed by atoms with Crippen LogP contribution in [0.5, 0.6) is 11.5 Å². The minimum atomic E-state index is -0.736. The highest BCUT2D eigenvalue weighted by atomic mass is 16.7. The Morgan fingerprint density at radius 2 is 1.93 bits per heavy atom. The Balaban J connectivity index is 1.67. The number of rotatable bonds is 5. The van der Waals surface area contributed by atoms with Gasteiger partial charge in [-0.3, -0.25) is 9.59 Å². The molecule has 0 saturated heterocycles. The number of hydrogen-bond donors (Lipinski definition) is 1. The Hall–Kier alpha value is -3.86. The minimum absolute atomic E-state index is 0.0312. The smallest absolute Gasteiger partial charge is 0.338 e. The van der Waals surface area contributed by atoms with E-state index in [1.807, 2.05) is 6.07 Å². The number of anilines is 1. The number of fused-ring (bicyclic) bond motifs is 1. The molecule has 136 valence electrons. The largest absolute Gasteiger partial charge is 0.454 e. The molecule has 0 spiro atoms. The summed E-state index contributed by atoms with van der Waals surface area (Å²) in [5.41, 5.74) is 0.953. The summed E-state index contributed by atoms with van der Waals surface area (Å²) in [6, 6.07) is 10.8. The van der Waals surface area contributed by atoms with Crippen molar-refractivity contribution in [3.05, 3.63) is 53.1 Å². The zero-order valence-electron chi connectivity index (χ0n) is 14.3. The number of benzene rings is 2. The summed E-state index contributed by atoms with van der Waals surface area (Å²) in [6.07, 6.45) is 0. The van der Waals surface area contributed by atoms with Crippen LogP contribution >= 0.6 is 0 Å². The molecule has 0 aliphatic carbocycles. The molecule has 0 atom stereocenters. The van der Waals surface area contributed by atoms with Crippen LogP contribution in [-0.2, 0) is 9.53 Å². The van der Waals surface area contributed by atoms with Gasteiger partial charge in [0.05, 0.1) is 22.9 Å². The third kappa shape index (κ3) is 4.04. The summed E-state index contributed by atoms with van der Waals surface area (Å²) in [7, 11) is 0. The minimum Gasteiger partial charge on any atom is -0.454 e. The van der Waals surface area contributed by atoms with Gasteiger partial charge in [-0.05, 0) is 31.2 Å². The topological polar surface area (TPSA) is 115 Å². The second-order valence-electron chi connectivity index (χ2n) is 5.62. The Morgan fingerprint density at radius 3 is 2.63 bits per heavy atom. The number of carbonyl (C=O) groups excluding carboxylic acids is 3. The van der Waals surface area contributed by atoms with Crippen molar-refractivity contribution in [1.29, 1.82) is 5.26 Å². The molecular formula is C19H14N2O6. The number of nitriles is 1. The van der Waals surface area contributed by atoms with E-state index in [2.05, 4.69) is 5.32 Å². The molecule has 0 unspecified atom stereocenters. The van der Waals surface area contributed by atoms with Gasteiger partial charge in [-0.1, -0.05) is 6.07 Å². The number of carbonyl (C=O) groups is 3. The maximum atomic E-state index is 12.1. The van der Waals surface area contributed by atoms with Crippen molar-refractivity contribution in [3.8, 4) is 17.6 Å². The van der Waals surface area contributed by atoms with Gasteiger partial charge < -0.3 is 19.5 Å². The molecule has 8 heteroatoms. The number of Topliss-reactive ketones (excluding diaryl/α,β-unsaturated/α-hetero) is 1. The van der Waals surface area contributed by atoms with E-state index in [0.717, 1.165) is 0 Å². The number of amides is 1. The fourth-order valence-corrected chi connectivity index (χ4v) is 2.45. The van der Waals surface area contributed by atoms with E-state index in [1.165, 1.54) is 31.2 Å². The summed E-state index contributed by atoms with van der Waals surface area (Å²) in [4.78, 5) is 35.9.